The molecule has 0 amide bonds. The lowest BCUT2D eigenvalue weighted by Crippen LogP contribution is -2.09. The van der Waals surface area contributed by atoms with Crippen LogP contribution in [0, 0.1) is 6.92 Å². The second-order valence-electron chi connectivity index (χ2n) is 5.28. The van der Waals surface area contributed by atoms with Crippen LogP contribution < -0.4 is 0 Å². The molecule has 1 atom stereocenters. The molecule has 2 aromatic rings. The van der Waals surface area contributed by atoms with Gasteiger partial charge in [0.25, 0.3) is 0 Å². The Morgan fingerprint density at radius 2 is 1.70 bits per heavy atom. The molecule has 0 aliphatic rings. The summed E-state index contributed by atoms with van der Waals surface area (Å²) in [6, 6.07) is 17.3. The summed E-state index contributed by atoms with van der Waals surface area (Å²) in [5, 5.41) is -0.0672. The van der Waals surface area contributed by atoms with Crippen molar-refractivity contribution in [1.82, 2.24) is 0 Å². The van der Waals surface area contributed by atoms with Crippen molar-refractivity contribution in [1.29, 1.82) is 0 Å². The Morgan fingerprint density at radius 3 is 2.30 bits per heavy atom. The predicted molar refractivity (Wildman–Crippen MR) is 93.8 cm³/mol. The molecule has 120 valence electrons. The van der Waals surface area contributed by atoms with E-state index in [2.05, 4.69) is 0 Å². The van der Waals surface area contributed by atoms with Gasteiger partial charge in [0.15, 0.2) is 5.78 Å². The number of benzene rings is 2. The van der Waals surface area contributed by atoms with Gasteiger partial charge in [0.05, 0.1) is 12.9 Å². The van der Waals surface area contributed by atoms with Crippen molar-refractivity contribution in [2.75, 3.05) is 12.9 Å². The van der Waals surface area contributed by atoms with Gasteiger partial charge >= 0.3 is 5.97 Å². The topological polar surface area (TPSA) is 43.4 Å². The zero-order chi connectivity index (χ0) is 16.7. The van der Waals surface area contributed by atoms with E-state index >= 15 is 0 Å². The van der Waals surface area contributed by atoms with E-state index in [9.17, 15) is 9.59 Å². The molecule has 0 fully saturated rings. The number of esters is 1. The van der Waals surface area contributed by atoms with Gasteiger partial charge in [-0.15, -0.1) is 11.8 Å². The zero-order valence-corrected chi connectivity index (χ0v) is 14.1. The van der Waals surface area contributed by atoms with E-state index in [-0.39, 0.29) is 22.8 Å². The molecule has 2 aromatic carbocycles. The van der Waals surface area contributed by atoms with Crippen molar-refractivity contribution in [3.05, 3.63) is 71.3 Å². The van der Waals surface area contributed by atoms with Crippen LogP contribution in [-0.4, -0.2) is 24.6 Å². The number of hydrogen-bond donors (Lipinski definition) is 0. The highest BCUT2D eigenvalue weighted by Gasteiger charge is 2.19. The normalized spacial score (nSPS) is 11.7. The number of aryl methyl sites for hydroxylation is 1. The highest BCUT2D eigenvalue weighted by molar-refractivity contribution is 8.00. The van der Waals surface area contributed by atoms with Gasteiger partial charge in [0.2, 0.25) is 0 Å². The first-order valence-electron chi connectivity index (χ1n) is 7.43. The molecular formula is C19H20O3S. The molecule has 4 heteroatoms. The third-order valence-electron chi connectivity index (χ3n) is 3.55. The molecular weight excluding hydrogens is 308 g/mol. The van der Waals surface area contributed by atoms with Crippen molar-refractivity contribution in [2.24, 2.45) is 0 Å². The molecule has 0 aliphatic carbocycles. The quantitative estimate of drug-likeness (QED) is 0.564. The number of rotatable bonds is 7. The average Bonchev–Trinajstić information content (AvgIpc) is 2.59. The van der Waals surface area contributed by atoms with Crippen LogP contribution in [0.15, 0.2) is 54.6 Å². The van der Waals surface area contributed by atoms with E-state index in [0.29, 0.717) is 12.0 Å². The molecule has 2 rings (SSSR count). The van der Waals surface area contributed by atoms with E-state index in [1.54, 1.807) is 0 Å². The Balaban J connectivity index is 2.14. The van der Waals surface area contributed by atoms with Crippen molar-refractivity contribution < 1.29 is 14.3 Å². The minimum atomic E-state index is -0.278. The maximum absolute atomic E-state index is 12.5. The number of Topliss-reactive ketones (excluding diaryl/α,β-unsaturated/α-hetero) is 1. The van der Waals surface area contributed by atoms with Crippen LogP contribution in [0.3, 0.4) is 0 Å². The van der Waals surface area contributed by atoms with Gasteiger partial charge in [0, 0.05) is 17.2 Å². The molecule has 0 spiro atoms. The van der Waals surface area contributed by atoms with Crippen molar-refractivity contribution >= 4 is 23.5 Å². The first kappa shape index (κ1) is 17.3. The molecule has 0 N–H and O–H groups in total. The average molecular weight is 328 g/mol. The van der Waals surface area contributed by atoms with Crippen LogP contribution in [0.2, 0.25) is 0 Å². The summed E-state index contributed by atoms with van der Waals surface area (Å²) >= 11 is 1.44. The predicted octanol–water partition coefficient (Wildman–Crippen LogP) is 4.22. The minimum absolute atomic E-state index is 0.0672. The second kappa shape index (κ2) is 8.53. The molecule has 0 heterocycles. The SMILES string of the molecule is COC(=O)CS[C@H](CC(=O)c1ccccc1)c1ccc(C)cc1. The van der Waals surface area contributed by atoms with Gasteiger partial charge in [0.1, 0.15) is 0 Å². The molecule has 0 radical (unpaired) electrons. The first-order chi connectivity index (χ1) is 11.1. The van der Waals surface area contributed by atoms with Crippen molar-refractivity contribution in [3.63, 3.8) is 0 Å². The number of methoxy groups -OCH3 is 1. The Bertz CT molecular complexity index is 650. The second-order valence-corrected chi connectivity index (χ2v) is 6.47. The molecule has 3 nitrogen and oxygen atoms in total. The van der Waals surface area contributed by atoms with Crippen LogP contribution in [0.25, 0.3) is 0 Å². The lowest BCUT2D eigenvalue weighted by Gasteiger charge is -2.16. The van der Waals surface area contributed by atoms with Crippen LogP contribution in [-0.2, 0) is 9.53 Å². The first-order valence-corrected chi connectivity index (χ1v) is 8.48. The number of ether oxygens (including phenoxy) is 1. The van der Waals surface area contributed by atoms with E-state index < -0.39 is 0 Å². The molecule has 0 aliphatic heterocycles. The number of ketones is 1. The molecule has 0 saturated carbocycles. The number of hydrogen-bond acceptors (Lipinski definition) is 4. The Hall–Kier alpha value is -2.07. The lowest BCUT2D eigenvalue weighted by atomic mass is 10.0. The zero-order valence-electron chi connectivity index (χ0n) is 13.3. The third-order valence-corrected chi connectivity index (χ3v) is 4.79. The van der Waals surface area contributed by atoms with Crippen molar-refractivity contribution in [3.8, 4) is 0 Å². The fourth-order valence-corrected chi connectivity index (χ4v) is 3.27. The molecule has 0 unspecified atom stereocenters. The van der Waals surface area contributed by atoms with Crippen LogP contribution >= 0.6 is 11.8 Å². The Labute approximate surface area is 141 Å². The fourth-order valence-electron chi connectivity index (χ4n) is 2.19. The summed E-state index contributed by atoms with van der Waals surface area (Å²) in [7, 11) is 1.37. The monoisotopic (exact) mass is 328 g/mol. The molecule has 23 heavy (non-hydrogen) atoms. The number of thioether (sulfide) groups is 1. The largest absolute Gasteiger partial charge is 0.468 e. The Kier molecular flexibility index (Phi) is 6.41. The van der Waals surface area contributed by atoms with E-state index in [1.807, 2.05) is 61.5 Å². The van der Waals surface area contributed by atoms with Crippen LogP contribution in [0.5, 0.6) is 0 Å². The maximum atomic E-state index is 12.5. The number of carbonyl (C=O) groups is 2. The van der Waals surface area contributed by atoms with E-state index in [0.717, 1.165) is 5.56 Å². The van der Waals surface area contributed by atoms with Gasteiger partial charge in [-0.3, -0.25) is 9.59 Å². The summed E-state index contributed by atoms with van der Waals surface area (Å²) in [5.74, 6) is 0.0321. The van der Waals surface area contributed by atoms with Crippen molar-refractivity contribution in [2.45, 2.75) is 18.6 Å². The maximum Gasteiger partial charge on any atom is 0.315 e. The minimum Gasteiger partial charge on any atom is -0.468 e. The lowest BCUT2D eigenvalue weighted by molar-refractivity contribution is -0.137. The smallest absolute Gasteiger partial charge is 0.315 e. The highest BCUT2D eigenvalue weighted by atomic mass is 32.2. The van der Waals surface area contributed by atoms with Gasteiger partial charge < -0.3 is 4.74 Å². The highest BCUT2D eigenvalue weighted by Crippen LogP contribution is 2.33. The van der Waals surface area contributed by atoms with E-state index in [4.69, 9.17) is 4.74 Å². The van der Waals surface area contributed by atoms with Crippen LogP contribution in [0.4, 0.5) is 0 Å². The summed E-state index contributed by atoms with van der Waals surface area (Å²) < 4.78 is 4.70. The third kappa shape index (κ3) is 5.25. The Morgan fingerprint density at radius 1 is 1.04 bits per heavy atom. The summed E-state index contributed by atoms with van der Waals surface area (Å²) in [5.41, 5.74) is 2.91. The molecule has 0 aromatic heterocycles. The van der Waals surface area contributed by atoms with Gasteiger partial charge in [-0.1, -0.05) is 60.2 Å². The van der Waals surface area contributed by atoms with Crippen LogP contribution in [0.1, 0.15) is 33.2 Å². The summed E-state index contributed by atoms with van der Waals surface area (Å²) in [4.78, 5) is 23.9. The number of carbonyl (C=O) groups excluding carboxylic acids is 2. The van der Waals surface area contributed by atoms with Gasteiger partial charge in [-0.25, -0.2) is 0 Å². The molecule has 0 saturated heterocycles. The fraction of sp³-hybridized carbons (Fsp3) is 0.263. The van der Waals surface area contributed by atoms with Gasteiger partial charge in [-0.05, 0) is 12.5 Å². The standard InChI is InChI=1S/C19H20O3S/c1-14-8-10-16(11-9-14)18(23-13-19(21)22-2)12-17(20)15-6-4-3-5-7-15/h3-11,18H,12-13H2,1-2H3/t18-/m1/s1. The summed E-state index contributed by atoms with van der Waals surface area (Å²) in [6.45, 7) is 2.02. The molecule has 0 bridgehead atoms. The van der Waals surface area contributed by atoms with E-state index in [1.165, 1.54) is 24.4 Å². The van der Waals surface area contributed by atoms with Gasteiger partial charge in [-0.2, -0.15) is 0 Å². The summed E-state index contributed by atoms with van der Waals surface area (Å²) in [6.07, 6.45) is 0.356.